The van der Waals surface area contributed by atoms with E-state index in [0.29, 0.717) is 24.4 Å². The number of hydrogen-bond donors (Lipinski definition) is 2. The van der Waals surface area contributed by atoms with Gasteiger partial charge >= 0.3 is 0 Å². The van der Waals surface area contributed by atoms with Crippen molar-refractivity contribution in [2.24, 2.45) is 4.99 Å². The minimum Gasteiger partial charge on any atom is -0.391 e. The summed E-state index contributed by atoms with van der Waals surface area (Å²) in [5, 5.41) is 12.8. The molecule has 1 aliphatic heterocycles. The molecule has 0 saturated carbocycles. The summed E-state index contributed by atoms with van der Waals surface area (Å²) in [7, 11) is -3.24. The summed E-state index contributed by atoms with van der Waals surface area (Å²) < 4.78 is 24.4. The van der Waals surface area contributed by atoms with Gasteiger partial charge in [-0.1, -0.05) is 18.2 Å². The van der Waals surface area contributed by atoms with Crippen LogP contribution in [-0.2, 0) is 9.84 Å². The Labute approximate surface area is 138 Å². The van der Waals surface area contributed by atoms with Gasteiger partial charge in [-0.3, -0.25) is 4.99 Å². The maximum atomic E-state index is 12.2. The van der Waals surface area contributed by atoms with Crippen LogP contribution in [0.25, 0.3) is 0 Å². The first-order valence-electron chi connectivity index (χ1n) is 8.02. The van der Waals surface area contributed by atoms with Gasteiger partial charge in [-0.2, -0.15) is 0 Å². The number of aliphatic hydroxyl groups is 1. The lowest BCUT2D eigenvalue weighted by Gasteiger charge is -2.20. The average molecular weight is 339 g/mol. The number of guanidine groups is 1. The lowest BCUT2D eigenvalue weighted by atomic mass is 10.3. The summed E-state index contributed by atoms with van der Waals surface area (Å²) in [6, 6.07) is 8.50. The van der Waals surface area contributed by atoms with Crippen LogP contribution in [0.4, 0.5) is 0 Å². The largest absolute Gasteiger partial charge is 0.391 e. The molecule has 6 nitrogen and oxygen atoms in total. The van der Waals surface area contributed by atoms with Gasteiger partial charge in [0.2, 0.25) is 0 Å². The molecule has 1 aliphatic rings. The standard InChI is InChI=1S/C16H25N3O3S/c1-2-17-16(19-11-9-14(20)13-19)18-10-6-12-23(21,22)15-7-4-3-5-8-15/h3-5,7-8,14,20H,2,6,9-13H2,1H3,(H,17,18)/t14-/m1/s1. The lowest BCUT2D eigenvalue weighted by molar-refractivity contribution is 0.188. The van der Waals surface area contributed by atoms with Gasteiger partial charge in [-0.05, 0) is 31.9 Å². The van der Waals surface area contributed by atoms with Crippen LogP contribution in [0, 0.1) is 0 Å². The van der Waals surface area contributed by atoms with Gasteiger partial charge in [-0.15, -0.1) is 0 Å². The van der Waals surface area contributed by atoms with E-state index in [1.807, 2.05) is 11.8 Å². The highest BCUT2D eigenvalue weighted by Crippen LogP contribution is 2.12. The zero-order valence-electron chi connectivity index (χ0n) is 13.5. The molecule has 1 saturated heterocycles. The normalized spacial score (nSPS) is 19.1. The van der Waals surface area contributed by atoms with Crippen LogP contribution < -0.4 is 5.32 Å². The molecular weight excluding hydrogens is 314 g/mol. The first-order valence-corrected chi connectivity index (χ1v) is 9.67. The van der Waals surface area contributed by atoms with Crippen molar-refractivity contribution in [3.05, 3.63) is 30.3 Å². The van der Waals surface area contributed by atoms with Crippen LogP contribution in [0.15, 0.2) is 40.2 Å². The molecule has 1 fully saturated rings. The fourth-order valence-electron chi connectivity index (χ4n) is 2.55. The number of benzene rings is 1. The van der Waals surface area contributed by atoms with Crippen molar-refractivity contribution in [3.8, 4) is 0 Å². The second-order valence-corrected chi connectivity index (χ2v) is 7.72. The maximum Gasteiger partial charge on any atom is 0.194 e. The Kier molecular flexibility index (Phi) is 6.41. The van der Waals surface area contributed by atoms with Gasteiger partial charge in [0.25, 0.3) is 0 Å². The van der Waals surface area contributed by atoms with E-state index in [2.05, 4.69) is 10.3 Å². The van der Waals surface area contributed by atoms with Crippen LogP contribution >= 0.6 is 0 Å². The van der Waals surface area contributed by atoms with E-state index in [-0.39, 0.29) is 11.9 Å². The predicted molar refractivity (Wildman–Crippen MR) is 91.3 cm³/mol. The molecule has 7 heteroatoms. The van der Waals surface area contributed by atoms with E-state index >= 15 is 0 Å². The maximum absolute atomic E-state index is 12.2. The number of aliphatic imine (C=N–C) groups is 1. The first kappa shape index (κ1) is 17.7. The molecule has 0 aliphatic carbocycles. The van der Waals surface area contributed by atoms with Crippen LogP contribution in [0.5, 0.6) is 0 Å². The predicted octanol–water partition coefficient (Wildman–Crippen LogP) is 0.882. The number of nitrogens with one attached hydrogen (secondary N) is 1. The Hall–Kier alpha value is -1.60. The minimum atomic E-state index is -3.24. The van der Waals surface area contributed by atoms with Crippen LogP contribution in [0.1, 0.15) is 19.8 Å². The molecular formula is C16H25N3O3S. The van der Waals surface area contributed by atoms with Crippen LogP contribution in [0.3, 0.4) is 0 Å². The van der Waals surface area contributed by atoms with Gasteiger partial charge in [0, 0.05) is 26.2 Å². The quantitative estimate of drug-likeness (QED) is 0.457. The highest BCUT2D eigenvalue weighted by molar-refractivity contribution is 7.91. The number of aliphatic hydroxyl groups excluding tert-OH is 1. The summed E-state index contributed by atoms with van der Waals surface area (Å²) >= 11 is 0. The first-order chi connectivity index (χ1) is 11.0. The topological polar surface area (TPSA) is 82.0 Å². The van der Waals surface area contributed by atoms with E-state index < -0.39 is 9.84 Å². The number of rotatable bonds is 6. The average Bonchev–Trinajstić information content (AvgIpc) is 2.97. The van der Waals surface area contributed by atoms with E-state index in [9.17, 15) is 13.5 Å². The Bertz CT molecular complexity index is 617. The molecule has 0 spiro atoms. The molecule has 0 radical (unpaired) electrons. The molecule has 0 unspecified atom stereocenters. The number of β-amino-alcohol motifs (C(OH)–C–C–N with tert-alkyl or cyclic N) is 1. The van der Waals surface area contributed by atoms with Crippen LogP contribution in [-0.4, -0.2) is 62.4 Å². The molecule has 2 N–H and O–H groups in total. The molecule has 0 aromatic heterocycles. The number of hydrogen-bond acceptors (Lipinski definition) is 4. The summed E-state index contributed by atoms with van der Waals surface area (Å²) in [5.74, 6) is 0.837. The Morgan fingerprint density at radius 3 is 2.74 bits per heavy atom. The fourth-order valence-corrected chi connectivity index (χ4v) is 3.86. The third-order valence-corrected chi connectivity index (χ3v) is 5.55. The van der Waals surface area contributed by atoms with Crippen molar-refractivity contribution >= 4 is 15.8 Å². The van der Waals surface area contributed by atoms with Crippen molar-refractivity contribution in [2.75, 3.05) is 31.9 Å². The second-order valence-electron chi connectivity index (χ2n) is 5.61. The van der Waals surface area contributed by atoms with Gasteiger partial charge in [-0.25, -0.2) is 8.42 Å². The Morgan fingerprint density at radius 1 is 1.39 bits per heavy atom. The molecule has 1 aromatic carbocycles. The number of nitrogens with zero attached hydrogens (tertiary/aromatic N) is 2. The Balaban J connectivity index is 1.89. The SMILES string of the molecule is CCNC(=NCCCS(=O)(=O)c1ccccc1)N1CC[C@@H](O)C1. The summed E-state index contributed by atoms with van der Waals surface area (Å²) in [6.07, 6.45) is 0.910. The second kappa shape index (κ2) is 8.31. The van der Waals surface area contributed by atoms with Crippen molar-refractivity contribution in [2.45, 2.75) is 30.8 Å². The van der Waals surface area contributed by atoms with Crippen molar-refractivity contribution < 1.29 is 13.5 Å². The van der Waals surface area contributed by atoms with E-state index in [4.69, 9.17) is 0 Å². The van der Waals surface area contributed by atoms with Gasteiger partial charge in [0.05, 0.1) is 16.8 Å². The molecule has 2 rings (SSSR count). The zero-order chi connectivity index (χ0) is 16.7. The number of sulfone groups is 1. The van der Waals surface area contributed by atoms with Crippen molar-refractivity contribution in [1.82, 2.24) is 10.2 Å². The zero-order valence-corrected chi connectivity index (χ0v) is 14.3. The molecule has 0 amide bonds. The lowest BCUT2D eigenvalue weighted by Crippen LogP contribution is -2.40. The summed E-state index contributed by atoms with van der Waals surface area (Å²) in [6.45, 7) is 4.53. The third kappa shape index (κ3) is 5.21. The third-order valence-electron chi connectivity index (χ3n) is 3.73. The van der Waals surface area contributed by atoms with E-state index in [1.165, 1.54) is 0 Å². The molecule has 0 bridgehead atoms. The fraction of sp³-hybridized carbons (Fsp3) is 0.562. The van der Waals surface area contributed by atoms with Crippen molar-refractivity contribution in [3.63, 3.8) is 0 Å². The van der Waals surface area contributed by atoms with Gasteiger partial charge in [0.15, 0.2) is 15.8 Å². The van der Waals surface area contributed by atoms with Gasteiger partial charge < -0.3 is 15.3 Å². The monoisotopic (exact) mass is 339 g/mol. The van der Waals surface area contributed by atoms with Gasteiger partial charge in [0.1, 0.15) is 0 Å². The van der Waals surface area contributed by atoms with E-state index in [0.717, 1.165) is 25.5 Å². The highest BCUT2D eigenvalue weighted by Gasteiger charge is 2.22. The molecule has 1 atom stereocenters. The van der Waals surface area contributed by atoms with Crippen molar-refractivity contribution in [1.29, 1.82) is 0 Å². The molecule has 23 heavy (non-hydrogen) atoms. The molecule has 128 valence electrons. The minimum absolute atomic E-state index is 0.0859. The molecule has 1 aromatic rings. The number of likely N-dealkylation sites (tertiary alicyclic amines) is 1. The highest BCUT2D eigenvalue weighted by atomic mass is 32.2. The summed E-state index contributed by atoms with van der Waals surface area (Å²) in [5.41, 5.74) is 0. The molecule has 1 heterocycles. The summed E-state index contributed by atoms with van der Waals surface area (Å²) in [4.78, 5) is 6.86. The van der Waals surface area contributed by atoms with Crippen LogP contribution in [0.2, 0.25) is 0 Å². The smallest absolute Gasteiger partial charge is 0.194 e. The Morgan fingerprint density at radius 2 is 2.13 bits per heavy atom. The van der Waals surface area contributed by atoms with E-state index in [1.54, 1.807) is 30.3 Å².